The third kappa shape index (κ3) is 4.21. The number of unbranched alkanes of at least 4 members (excludes halogenated alkanes) is 1. The van der Waals surface area contributed by atoms with E-state index < -0.39 is 0 Å². The summed E-state index contributed by atoms with van der Waals surface area (Å²) in [6.45, 7) is 2.20. The monoisotopic (exact) mass is 488 g/mol. The number of aryl methyl sites for hydroxylation is 1. The lowest BCUT2D eigenvalue weighted by Gasteiger charge is -2.57. The summed E-state index contributed by atoms with van der Waals surface area (Å²) in [6, 6.07) is 6.02. The smallest absolute Gasteiger partial charge is 0.251 e. The summed E-state index contributed by atoms with van der Waals surface area (Å²) in [6.07, 6.45) is 18.3. The lowest BCUT2D eigenvalue weighted by molar-refractivity contribution is -0.0169. The first-order chi connectivity index (χ1) is 17.4. The minimum atomic E-state index is -0.00707. The van der Waals surface area contributed by atoms with Crippen LogP contribution in [0, 0.1) is 35.5 Å². The van der Waals surface area contributed by atoms with E-state index in [1.807, 2.05) is 6.07 Å². The minimum absolute atomic E-state index is 0.00707. The van der Waals surface area contributed by atoms with Crippen molar-refractivity contribution in [2.24, 2.45) is 35.5 Å². The van der Waals surface area contributed by atoms with Crippen LogP contribution in [0.15, 0.2) is 18.2 Å². The highest BCUT2D eigenvalue weighted by Crippen LogP contribution is 2.56. The predicted molar refractivity (Wildman–Crippen MR) is 142 cm³/mol. The van der Waals surface area contributed by atoms with Crippen LogP contribution in [0.2, 0.25) is 0 Å². The second kappa shape index (κ2) is 8.60. The highest BCUT2D eigenvalue weighted by Gasteiger charge is 2.52. The van der Waals surface area contributed by atoms with Gasteiger partial charge in [-0.1, -0.05) is 13.3 Å². The summed E-state index contributed by atoms with van der Waals surface area (Å²) in [5.74, 6) is 4.88. The number of hydrogen-bond donors (Lipinski definition) is 2. The number of carbonyl (C=O) groups is 2. The quantitative estimate of drug-likeness (QED) is 0.465. The van der Waals surface area contributed by atoms with Crippen molar-refractivity contribution in [2.45, 2.75) is 114 Å². The Morgan fingerprint density at radius 1 is 0.667 bits per heavy atom. The van der Waals surface area contributed by atoms with Crippen molar-refractivity contribution in [3.63, 3.8) is 0 Å². The van der Waals surface area contributed by atoms with Gasteiger partial charge in [0.15, 0.2) is 0 Å². The van der Waals surface area contributed by atoms with Crippen LogP contribution >= 0.6 is 0 Å². The summed E-state index contributed by atoms with van der Waals surface area (Å²) in [4.78, 5) is 27.4. The van der Waals surface area contributed by atoms with E-state index in [9.17, 15) is 9.59 Å². The highest BCUT2D eigenvalue weighted by molar-refractivity contribution is 6.00. The first-order valence-electron chi connectivity index (χ1n) is 15.2. The topological polar surface area (TPSA) is 58.2 Å². The number of benzene rings is 1. The van der Waals surface area contributed by atoms with Crippen LogP contribution in [0.25, 0.3) is 0 Å². The molecule has 0 atom stereocenters. The Morgan fingerprint density at radius 3 is 1.36 bits per heavy atom. The van der Waals surface area contributed by atoms with Crippen LogP contribution in [0.3, 0.4) is 0 Å². The molecular formula is C32H44N2O2. The van der Waals surface area contributed by atoms with Gasteiger partial charge in [-0.15, -0.1) is 0 Å². The molecule has 8 aliphatic carbocycles. The molecule has 1 aromatic carbocycles. The summed E-state index contributed by atoms with van der Waals surface area (Å²) >= 11 is 0. The first kappa shape index (κ1) is 23.3. The van der Waals surface area contributed by atoms with Gasteiger partial charge in [0.1, 0.15) is 0 Å². The van der Waals surface area contributed by atoms with Crippen molar-refractivity contribution >= 4 is 11.8 Å². The largest absolute Gasteiger partial charge is 0.347 e. The van der Waals surface area contributed by atoms with Gasteiger partial charge in [0.2, 0.25) is 0 Å². The molecule has 0 unspecified atom stereocenters. The molecule has 0 aromatic heterocycles. The molecule has 8 fully saturated rings. The fraction of sp³-hybridized carbons (Fsp3) is 0.750. The standard InChI is InChI=1S/C32H44N2O2/c1-2-3-4-20-11-27(29(35)33-31-14-21-5-22(15-31)7-23(6-21)16-31)13-28(12-20)30(36)34-32-17-24-8-25(18-32)10-26(9-24)19-32/h11-13,21-26H,2-10,14-19H2,1H3,(H,33,35)(H,34,36). The van der Waals surface area contributed by atoms with Gasteiger partial charge in [-0.2, -0.15) is 0 Å². The van der Waals surface area contributed by atoms with Crippen molar-refractivity contribution in [3.8, 4) is 0 Å². The lowest BCUT2D eigenvalue weighted by atomic mass is 9.53. The van der Waals surface area contributed by atoms with Gasteiger partial charge in [-0.05, 0) is 149 Å². The van der Waals surface area contributed by atoms with E-state index in [1.165, 1.54) is 38.5 Å². The zero-order valence-electron chi connectivity index (χ0n) is 22.1. The fourth-order valence-corrected chi connectivity index (χ4v) is 10.6. The van der Waals surface area contributed by atoms with Crippen LogP contribution in [0.1, 0.15) is 123 Å². The highest BCUT2D eigenvalue weighted by atomic mass is 16.2. The van der Waals surface area contributed by atoms with Gasteiger partial charge in [0.05, 0.1) is 0 Å². The third-order valence-electron chi connectivity index (χ3n) is 11.2. The van der Waals surface area contributed by atoms with Crippen molar-refractivity contribution in [2.75, 3.05) is 0 Å². The molecule has 0 heterocycles. The number of hydrogen-bond acceptors (Lipinski definition) is 2. The van der Waals surface area contributed by atoms with E-state index in [-0.39, 0.29) is 22.9 Å². The van der Waals surface area contributed by atoms with Gasteiger partial charge in [-0.25, -0.2) is 0 Å². The molecule has 8 saturated carbocycles. The van der Waals surface area contributed by atoms with Crippen molar-refractivity contribution < 1.29 is 9.59 Å². The van der Waals surface area contributed by atoms with E-state index in [4.69, 9.17) is 0 Å². The van der Waals surface area contributed by atoms with Crippen molar-refractivity contribution in [1.82, 2.24) is 10.6 Å². The molecule has 9 rings (SSSR count). The van der Waals surface area contributed by atoms with Crippen LogP contribution in [0.4, 0.5) is 0 Å². The van der Waals surface area contributed by atoms with Gasteiger partial charge in [-0.3, -0.25) is 9.59 Å². The Kier molecular flexibility index (Phi) is 5.56. The number of nitrogens with one attached hydrogen (secondary N) is 2. The summed E-state index contributed by atoms with van der Waals surface area (Å²) in [7, 11) is 0. The second-order valence-electron chi connectivity index (χ2n) is 14.3. The van der Waals surface area contributed by atoms with Gasteiger partial charge in [0.25, 0.3) is 11.8 Å². The molecule has 0 aliphatic heterocycles. The van der Waals surface area contributed by atoms with E-state index >= 15 is 0 Å². The normalized spacial score (nSPS) is 41.5. The maximum absolute atomic E-state index is 13.7. The molecule has 8 aliphatic rings. The maximum atomic E-state index is 13.7. The first-order valence-corrected chi connectivity index (χ1v) is 15.2. The lowest BCUT2D eigenvalue weighted by Crippen LogP contribution is -2.60. The molecular weight excluding hydrogens is 444 g/mol. The SMILES string of the molecule is CCCCc1cc(C(=O)NC23CC4CC(CC(C4)C2)C3)cc(C(=O)NC23CC4CC(CC(C4)C2)C3)c1. The van der Waals surface area contributed by atoms with Crippen LogP contribution in [-0.4, -0.2) is 22.9 Å². The molecule has 0 radical (unpaired) electrons. The molecule has 0 saturated heterocycles. The van der Waals surface area contributed by atoms with Gasteiger partial charge >= 0.3 is 0 Å². The molecule has 1 aromatic rings. The molecule has 4 heteroatoms. The maximum Gasteiger partial charge on any atom is 0.251 e. The Morgan fingerprint density at radius 2 is 1.03 bits per heavy atom. The van der Waals surface area contributed by atoms with Gasteiger partial charge < -0.3 is 10.6 Å². The third-order valence-corrected chi connectivity index (χ3v) is 11.2. The van der Waals surface area contributed by atoms with Gasteiger partial charge in [0, 0.05) is 22.2 Å². The zero-order chi connectivity index (χ0) is 24.5. The van der Waals surface area contributed by atoms with Crippen molar-refractivity contribution in [3.05, 3.63) is 34.9 Å². The number of amides is 2. The van der Waals surface area contributed by atoms with Crippen LogP contribution in [0.5, 0.6) is 0 Å². The molecule has 2 N–H and O–H groups in total. The molecule has 4 nitrogen and oxygen atoms in total. The Bertz CT molecular complexity index is 911. The molecule has 8 bridgehead atoms. The predicted octanol–water partition coefficient (Wildman–Crippen LogP) is 6.43. The summed E-state index contributed by atoms with van der Waals surface area (Å²) in [5.41, 5.74) is 2.50. The Hall–Kier alpha value is -1.84. The Balaban J connectivity index is 1.12. The molecule has 0 spiro atoms. The second-order valence-corrected chi connectivity index (χ2v) is 14.3. The van der Waals surface area contributed by atoms with E-state index in [0.29, 0.717) is 11.1 Å². The average molecular weight is 489 g/mol. The minimum Gasteiger partial charge on any atom is -0.347 e. The van der Waals surface area contributed by atoms with E-state index in [1.54, 1.807) is 0 Å². The summed E-state index contributed by atoms with van der Waals surface area (Å²) < 4.78 is 0. The number of carbonyl (C=O) groups excluding carboxylic acids is 2. The number of rotatable bonds is 7. The fourth-order valence-electron chi connectivity index (χ4n) is 10.6. The van der Waals surface area contributed by atoms with E-state index in [2.05, 4.69) is 29.7 Å². The average Bonchev–Trinajstić information content (AvgIpc) is 2.80. The molecule has 194 valence electrons. The molecule has 2 amide bonds. The summed E-state index contributed by atoms with van der Waals surface area (Å²) in [5, 5.41) is 7.09. The van der Waals surface area contributed by atoms with Crippen LogP contribution in [-0.2, 0) is 6.42 Å². The van der Waals surface area contributed by atoms with Crippen LogP contribution < -0.4 is 10.6 Å². The zero-order valence-corrected chi connectivity index (χ0v) is 22.1. The van der Waals surface area contributed by atoms with E-state index in [0.717, 1.165) is 98.9 Å². The molecule has 36 heavy (non-hydrogen) atoms. The van der Waals surface area contributed by atoms with Crippen molar-refractivity contribution in [1.29, 1.82) is 0 Å². The Labute approximate surface area is 216 Å².